The minimum Gasteiger partial charge on any atom is -0.389 e. The van der Waals surface area contributed by atoms with Crippen molar-refractivity contribution in [2.45, 2.75) is 38.8 Å². The first kappa shape index (κ1) is 21.2. The molecule has 0 bridgehead atoms. The Morgan fingerprint density at radius 1 is 1.46 bits per heavy atom. The second kappa shape index (κ2) is 12.5. The molecule has 1 aliphatic carbocycles. The molecule has 0 aliphatic heterocycles. The van der Waals surface area contributed by atoms with Crippen molar-refractivity contribution in [1.82, 2.24) is 20.4 Å². The van der Waals surface area contributed by atoms with Crippen molar-refractivity contribution in [3.63, 3.8) is 0 Å². The maximum atomic E-state index is 9.90. The number of aromatic nitrogens is 2. The Balaban J connectivity index is 0.00000288. The normalized spacial score (nSPS) is 15.7. The number of nitrogens with zero attached hydrogens (tertiary/aromatic N) is 3. The van der Waals surface area contributed by atoms with Crippen molar-refractivity contribution in [3.8, 4) is 0 Å². The minimum atomic E-state index is -0.548. The van der Waals surface area contributed by atoms with Gasteiger partial charge >= 0.3 is 0 Å². The Hall–Kier alpha value is -0.870. The lowest BCUT2D eigenvalue weighted by Crippen LogP contribution is -2.39. The molecule has 2 rings (SSSR count). The van der Waals surface area contributed by atoms with Crippen LogP contribution in [0.3, 0.4) is 0 Å². The summed E-state index contributed by atoms with van der Waals surface area (Å²) in [5.74, 6) is 1.45. The van der Waals surface area contributed by atoms with Gasteiger partial charge in [-0.05, 0) is 38.2 Å². The summed E-state index contributed by atoms with van der Waals surface area (Å²) in [5, 5.41) is 20.5. The number of aryl methyl sites for hydroxylation is 1. The summed E-state index contributed by atoms with van der Waals surface area (Å²) in [7, 11) is 0. The summed E-state index contributed by atoms with van der Waals surface area (Å²) in [5.41, 5.74) is 0. The Morgan fingerprint density at radius 2 is 2.29 bits per heavy atom. The smallest absolute Gasteiger partial charge is 0.191 e. The molecule has 0 spiro atoms. The maximum absolute atomic E-state index is 9.90. The Labute approximate surface area is 161 Å². The number of hydrogen-bond acceptors (Lipinski definition) is 4. The minimum absolute atomic E-state index is 0. The van der Waals surface area contributed by atoms with E-state index in [0.717, 1.165) is 44.5 Å². The first-order valence-corrected chi connectivity index (χ1v) is 8.53. The van der Waals surface area contributed by atoms with E-state index in [9.17, 15) is 5.11 Å². The molecule has 1 heterocycles. The van der Waals surface area contributed by atoms with Gasteiger partial charge in [-0.25, -0.2) is 0 Å². The highest BCUT2D eigenvalue weighted by molar-refractivity contribution is 14.0. The zero-order chi connectivity index (χ0) is 16.3. The highest BCUT2D eigenvalue weighted by Gasteiger charge is 2.21. The molecule has 138 valence electrons. The molecule has 7 nitrogen and oxygen atoms in total. The molecular weight excluding hydrogens is 421 g/mol. The summed E-state index contributed by atoms with van der Waals surface area (Å²) in [6.45, 7) is 5.97. The molecule has 1 saturated carbocycles. The van der Waals surface area contributed by atoms with Crippen LogP contribution in [0.4, 0.5) is 0 Å². The zero-order valence-electron chi connectivity index (χ0n) is 14.4. The number of halogens is 1. The molecule has 1 fully saturated rings. The monoisotopic (exact) mass is 451 g/mol. The van der Waals surface area contributed by atoms with Crippen LogP contribution in [-0.4, -0.2) is 59.8 Å². The number of guanidine groups is 1. The maximum Gasteiger partial charge on any atom is 0.191 e. The van der Waals surface area contributed by atoms with E-state index in [-0.39, 0.29) is 24.0 Å². The van der Waals surface area contributed by atoms with Crippen molar-refractivity contribution in [2.75, 3.05) is 32.8 Å². The van der Waals surface area contributed by atoms with Crippen LogP contribution in [0, 0.1) is 5.92 Å². The number of aliphatic hydroxyl groups excluding tert-OH is 1. The third kappa shape index (κ3) is 9.43. The van der Waals surface area contributed by atoms with Crippen LogP contribution in [0.25, 0.3) is 0 Å². The Kier molecular flexibility index (Phi) is 11.0. The van der Waals surface area contributed by atoms with Crippen molar-refractivity contribution in [1.29, 1.82) is 0 Å². The van der Waals surface area contributed by atoms with E-state index in [2.05, 4.69) is 20.7 Å². The molecule has 1 aromatic rings. The van der Waals surface area contributed by atoms with Gasteiger partial charge in [0.1, 0.15) is 0 Å². The molecule has 1 aliphatic rings. The molecule has 3 N–H and O–H groups in total. The van der Waals surface area contributed by atoms with Gasteiger partial charge in [0.2, 0.25) is 0 Å². The molecule has 0 radical (unpaired) electrons. The number of aliphatic imine (C=N–C) groups is 1. The first-order valence-electron chi connectivity index (χ1n) is 8.53. The van der Waals surface area contributed by atoms with Gasteiger partial charge in [-0.3, -0.25) is 9.67 Å². The largest absolute Gasteiger partial charge is 0.389 e. The number of hydrogen-bond donors (Lipinski definition) is 3. The van der Waals surface area contributed by atoms with Crippen LogP contribution in [0.15, 0.2) is 23.5 Å². The predicted molar refractivity (Wildman–Crippen MR) is 106 cm³/mol. The molecule has 1 unspecified atom stereocenters. The van der Waals surface area contributed by atoms with Gasteiger partial charge < -0.3 is 20.5 Å². The SMILES string of the molecule is CCNC(=NCC(O)COCC1CC1)NCCCn1cccn1.I. The average Bonchev–Trinajstić information content (AvgIpc) is 3.22. The summed E-state index contributed by atoms with van der Waals surface area (Å²) in [6.07, 6.45) is 6.68. The summed E-state index contributed by atoms with van der Waals surface area (Å²) >= 11 is 0. The summed E-state index contributed by atoms with van der Waals surface area (Å²) in [4.78, 5) is 4.40. The topological polar surface area (TPSA) is 83.7 Å². The fraction of sp³-hybridized carbons (Fsp3) is 0.750. The van der Waals surface area contributed by atoms with Crippen LogP contribution in [0.5, 0.6) is 0 Å². The highest BCUT2D eigenvalue weighted by atomic mass is 127. The number of rotatable bonds is 11. The number of ether oxygens (including phenoxy) is 1. The van der Waals surface area contributed by atoms with E-state index in [4.69, 9.17) is 4.74 Å². The van der Waals surface area contributed by atoms with Gasteiger partial charge in [0.25, 0.3) is 0 Å². The van der Waals surface area contributed by atoms with Crippen LogP contribution in [0.2, 0.25) is 0 Å². The van der Waals surface area contributed by atoms with E-state index >= 15 is 0 Å². The molecular formula is C16H30IN5O2. The summed E-state index contributed by atoms with van der Waals surface area (Å²) < 4.78 is 7.39. The van der Waals surface area contributed by atoms with Crippen LogP contribution in [0.1, 0.15) is 26.2 Å². The van der Waals surface area contributed by atoms with Crippen molar-refractivity contribution in [2.24, 2.45) is 10.9 Å². The molecule has 1 atom stereocenters. The van der Waals surface area contributed by atoms with Gasteiger partial charge in [0.05, 0.1) is 19.3 Å². The number of aliphatic hydroxyl groups is 1. The van der Waals surface area contributed by atoms with Gasteiger partial charge in [0, 0.05) is 38.6 Å². The molecule has 0 saturated heterocycles. The standard InChI is InChI=1S/C16H29N5O2.HI/c1-2-17-16(18-7-3-9-21-10-4-8-20-21)19-11-15(22)13-23-12-14-5-6-14;/h4,8,10,14-15,22H,2-3,5-7,9,11-13H2,1H3,(H2,17,18,19);1H. The van der Waals surface area contributed by atoms with E-state index in [1.165, 1.54) is 12.8 Å². The summed E-state index contributed by atoms with van der Waals surface area (Å²) in [6, 6.07) is 1.92. The van der Waals surface area contributed by atoms with E-state index in [0.29, 0.717) is 13.2 Å². The quantitative estimate of drug-likeness (QED) is 0.204. The average molecular weight is 451 g/mol. The third-order valence-electron chi connectivity index (χ3n) is 3.58. The molecule has 24 heavy (non-hydrogen) atoms. The van der Waals surface area contributed by atoms with Gasteiger partial charge in [-0.15, -0.1) is 24.0 Å². The van der Waals surface area contributed by atoms with Crippen LogP contribution < -0.4 is 10.6 Å². The van der Waals surface area contributed by atoms with Crippen molar-refractivity contribution in [3.05, 3.63) is 18.5 Å². The second-order valence-corrected chi connectivity index (χ2v) is 5.90. The van der Waals surface area contributed by atoms with Crippen molar-refractivity contribution >= 4 is 29.9 Å². The third-order valence-corrected chi connectivity index (χ3v) is 3.58. The van der Waals surface area contributed by atoms with Crippen LogP contribution in [-0.2, 0) is 11.3 Å². The van der Waals surface area contributed by atoms with Crippen molar-refractivity contribution < 1.29 is 9.84 Å². The van der Waals surface area contributed by atoms with Gasteiger partial charge in [-0.1, -0.05) is 0 Å². The lowest BCUT2D eigenvalue weighted by molar-refractivity contribution is 0.0368. The van der Waals surface area contributed by atoms with E-state index in [1.54, 1.807) is 6.20 Å². The lowest BCUT2D eigenvalue weighted by atomic mass is 10.4. The Bertz CT molecular complexity index is 451. The lowest BCUT2D eigenvalue weighted by Gasteiger charge is -2.13. The second-order valence-electron chi connectivity index (χ2n) is 5.90. The fourth-order valence-electron chi connectivity index (χ4n) is 2.13. The predicted octanol–water partition coefficient (Wildman–Crippen LogP) is 1.23. The van der Waals surface area contributed by atoms with Gasteiger partial charge in [0.15, 0.2) is 5.96 Å². The molecule has 1 aromatic heterocycles. The first-order chi connectivity index (χ1) is 11.3. The fourth-order valence-corrected chi connectivity index (χ4v) is 2.13. The Morgan fingerprint density at radius 3 is 2.96 bits per heavy atom. The molecule has 0 amide bonds. The molecule has 8 heteroatoms. The van der Waals surface area contributed by atoms with E-state index in [1.807, 2.05) is 23.9 Å². The highest BCUT2D eigenvalue weighted by Crippen LogP contribution is 2.28. The van der Waals surface area contributed by atoms with E-state index < -0.39 is 6.10 Å². The number of nitrogens with one attached hydrogen (secondary N) is 2. The zero-order valence-corrected chi connectivity index (χ0v) is 16.7. The van der Waals surface area contributed by atoms with Crippen LogP contribution >= 0.6 is 24.0 Å². The molecule has 0 aromatic carbocycles. The van der Waals surface area contributed by atoms with Gasteiger partial charge in [-0.2, -0.15) is 5.10 Å².